The second-order valence-electron chi connectivity index (χ2n) is 4.67. The minimum atomic E-state index is -3.69. The SMILES string of the molecule is CC(C)(C)Nc1cc(S(N)(=O)=O)ccc1N. The molecule has 0 bridgehead atoms. The summed E-state index contributed by atoms with van der Waals surface area (Å²) in [6.45, 7) is 5.86. The topological polar surface area (TPSA) is 98.2 Å². The number of primary sulfonamides is 1. The summed E-state index contributed by atoms with van der Waals surface area (Å²) in [5.41, 5.74) is 6.60. The molecule has 0 saturated heterocycles. The number of nitrogen functional groups attached to an aromatic ring is 1. The molecule has 1 rings (SSSR count). The second kappa shape index (κ2) is 3.95. The number of nitrogens with two attached hydrogens (primary N) is 2. The van der Waals surface area contributed by atoms with Gasteiger partial charge in [0, 0.05) is 5.54 Å². The van der Waals surface area contributed by atoms with E-state index in [9.17, 15) is 8.42 Å². The van der Waals surface area contributed by atoms with Crippen LogP contribution in [0.4, 0.5) is 11.4 Å². The highest BCUT2D eigenvalue weighted by molar-refractivity contribution is 7.89. The lowest BCUT2D eigenvalue weighted by Crippen LogP contribution is -2.27. The molecule has 0 fully saturated rings. The predicted molar refractivity (Wildman–Crippen MR) is 65.6 cm³/mol. The third-order valence-corrected chi connectivity index (χ3v) is 2.77. The zero-order chi connectivity index (χ0) is 12.6. The fourth-order valence-corrected chi connectivity index (χ4v) is 1.76. The molecule has 0 atom stereocenters. The van der Waals surface area contributed by atoms with Crippen molar-refractivity contribution in [3.63, 3.8) is 0 Å². The third-order valence-electron chi connectivity index (χ3n) is 1.86. The van der Waals surface area contributed by atoms with Crippen LogP contribution in [0.1, 0.15) is 20.8 Å². The average Bonchev–Trinajstić information content (AvgIpc) is 2.04. The van der Waals surface area contributed by atoms with Crippen LogP contribution in [-0.2, 0) is 10.0 Å². The molecule has 0 heterocycles. The smallest absolute Gasteiger partial charge is 0.238 e. The van der Waals surface area contributed by atoms with Gasteiger partial charge >= 0.3 is 0 Å². The summed E-state index contributed by atoms with van der Waals surface area (Å²) in [4.78, 5) is 0.0495. The van der Waals surface area contributed by atoms with E-state index in [1.165, 1.54) is 18.2 Å². The Hall–Kier alpha value is -1.27. The Labute approximate surface area is 95.9 Å². The van der Waals surface area contributed by atoms with E-state index in [1.54, 1.807) is 0 Å². The maximum atomic E-state index is 11.2. The van der Waals surface area contributed by atoms with E-state index >= 15 is 0 Å². The van der Waals surface area contributed by atoms with Crippen LogP contribution in [0, 0.1) is 0 Å². The first-order valence-electron chi connectivity index (χ1n) is 4.80. The minimum Gasteiger partial charge on any atom is -0.397 e. The molecule has 1 aromatic rings. The zero-order valence-corrected chi connectivity index (χ0v) is 10.4. The number of nitrogens with one attached hydrogen (secondary N) is 1. The molecule has 0 aliphatic carbocycles. The second-order valence-corrected chi connectivity index (χ2v) is 6.23. The molecule has 5 N–H and O–H groups in total. The molecular formula is C10H17N3O2S. The lowest BCUT2D eigenvalue weighted by Gasteiger charge is -2.23. The van der Waals surface area contributed by atoms with E-state index in [1.807, 2.05) is 20.8 Å². The van der Waals surface area contributed by atoms with E-state index in [0.29, 0.717) is 11.4 Å². The van der Waals surface area contributed by atoms with Gasteiger partial charge in [0.2, 0.25) is 10.0 Å². The standard InChI is InChI=1S/C10H17N3O2S/c1-10(2,3)13-9-6-7(16(12,14)15)4-5-8(9)11/h4-6,13H,11H2,1-3H3,(H2,12,14,15). The van der Waals surface area contributed by atoms with Crippen molar-refractivity contribution in [1.29, 1.82) is 0 Å². The van der Waals surface area contributed by atoms with Crippen LogP contribution in [0.25, 0.3) is 0 Å². The van der Waals surface area contributed by atoms with Gasteiger partial charge in [-0.3, -0.25) is 0 Å². The van der Waals surface area contributed by atoms with Gasteiger partial charge in [0.15, 0.2) is 0 Å². The first-order chi connectivity index (χ1) is 7.09. The fraction of sp³-hybridized carbons (Fsp3) is 0.400. The van der Waals surface area contributed by atoms with Gasteiger partial charge in [-0.05, 0) is 39.0 Å². The van der Waals surface area contributed by atoms with Gasteiger partial charge in [-0.25, -0.2) is 13.6 Å². The predicted octanol–water partition coefficient (Wildman–Crippen LogP) is 1.13. The van der Waals surface area contributed by atoms with Crippen molar-refractivity contribution in [2.24, 2.45) is 5.14 Å². The Morgan fingerprint density at radius 3 is 2.25 bits per heavy atom. The van der Waals surface area contributed by atoms with Gasteiger partial charge in [0.25, 0.3) is 0 Å². The number of anilines is 2. The molecule has 0 amide bonds. The summed E-state index contributed by atoms with van der Waals surface area (Å²) < 4.78 is 22.3. The summed E-state index contributed by atoms with van der Waals surface area (Å²) in [5.74, 6) is 0. The van der Waals surface area contributed by atoms with Crippen LogP contribution < -0.4 is 16.2 Å². The van der Waals surface area contributed by atoms with Crippen LogP contribution in [-0.4, -0.2) is 14.0 Å². The van der Waals surface area contributed by atoms with Crippen LogP contribution in [0.2, 0.25) is 0 Å². The summed E-state index contributed by atoms with van der Waals surface area (Å²) in [5, 5.41) is 8.16. The summed E-state index contributed by atoms with van der Waals surface area (Å²) in [6.07, 6.45) is 0. The Kier molecular flexibility index (Phi) is 3.16. The summed E-state index contributed by atoms with van der Waals surface area (Å²) >= 11 is 0. The quantitative estimate of drug-likeness (QED) is 0.678. The van der Waals surface area contributed by atoms with Crippen molar-refractivity contribution in [2.45, 2.75) is 31.2 Å². The van der Waals surface area contributed by atoms with Crippen molar-refractivity contribution in [2.75, 3.05) is 11.1 Å². The van der Waals surface area contributed by atoms with Crippen LogP contribution >= 0.6 is 0 Å². The van der Waals surface area contributed by atoms with Gasteiger partial charge < -0.3 is 11.1 Å². The summed E-state index contributed by atoms with van der Waals surface area (Å²) in [7, 11) is -3.69. The number of rotatable bonds is 2. The molecule has 0 unspecified atom stereocenters. The lowest BCUT2D eigenvalue weighted by molar-refractivity contribution is 0.597. The van der Waals surface area contributed by atoms with Crippen molar-refractivity contribution < 1.29 is 8.42 Å². The van der Waals surface area contributed by atoms with E-state index in [4.69, 9.17) is 10.9 Å². The summed E-state index contributed by atoms with van der Waals surface area (Å²) in [6, 6.07) is 4.35. The van der Waals surface area contributed by atoms with Gasteiger partial charge in [-0.15, -0.1) is 0 Å². The Morgan fingerprint density at radius 2 is 1.81 bits per heavy atom. The molecule has 90 valence electrons. The molecule has 16 heavy (non-hydrogen) atoms. The van der Waals surface area contributed by atoms with Crippen LogP contribution in [0.3, 0.4) is 0 Å². The first kappa shape index (κ1) is 12.8. The van der Waals surface area contributed by atoms with Crippen LogP contribution in [0.15, 0.2) is 23.1 Å². The van der Waals surface area contributed by atoms with Crippen molar-refractivity contribution >= 4 is 21.4 Å². The third kappa shape index (κ3) is 3.39. The molecule has 0 radical (unpaired) electrons. The average molecular weight is 243 g/mol. The molecule has 0 aliphatic heterocycles. The largest absolute Gasteiger partial charge is 0.397 e. The van der Waals surface area contributed by atoms with Gasteiger partial charge in [0.1, 0.15) is 0 Å². The first-order valence-corrected chi connectivity index (χ1v) is 6.35. The highest BCUT2D eigenvalue weighted by atomic mass is 32.2. The van der Waals surface area contributed by atoms with Crippen molar-refractivity contribution in [1.82, 2.24) is 0 Å². The minimum absolute atomic E-state index is 0.0495. The normalized spacial score (nSPS) is 12.5. The number of hydrogen-bond donors (Lipinski definition) is 3. The highest BCUT2D eigenvalue weighted by Gasteiger charge is 2.14. The molecule has 0 aliphatic rings. The van der Waals surface area contributed by atoms with E-state index in [2.05, 4.69) is 5.32 Å². The highest BCUT2D eigenvalue weighted by Crippen LogP contribution is 2.25. The molecule has 5 nitrogen and oxygen atoms in total. The van der Waals surface area contributed by atoms with E-state index in [-0.39, 0.29) is 10.4 Å². The lowest BCUT2D eigenvalue weighted by atomic mass is 10.1. The Bertz CT molecular complexity index is 489. The van der Waals surface area contributed by atoms with Crippen molar-refractivity contribution in [3.05, 3.63) is 18.2 Å². The molecule has 1 aromatic carbocycles. The van der Waals surface area contributed by atoms with Gasteiger partial charge in [0.05, 0.1) is 16.3 Å². The number of hydrogen-bond acceptors (Lipinski definition) is 4. The van der Waals surface area contributed by atoms with Gasteiger partial charge in [-0.2, -0.15) is 0 Å². The van der Waals surface area contributed by atoms with E-state index in [0.717, 1.165) is 0 Å². The van der Waals surface area contributed by atoms with E-state index < -0.39 is 10.0 Å². The Balaban J connectivity index is 3.20. The Morgan fingerprint density at radius 1 is 1.25 bits per heavy atom. The zero-order valence-electron chi connectivity index (χ0n) is 9.61. The monoisotopic (exact) mass is 243 g/mol. The molecule has 0 spiro atoms. The maximum Gasteiger partial charge on any atom is 0.238 e. The van der Waals surface area contributed by atoms with Crippen LogP contribution in [0.5, 0.6) is 0 Å². The molecule has 0 saturated carbocycles. The molecule has 6 heteroatoms. The molecule has 0 aromatic heterocycles. The number of sulfonamides is 1. The maximum absolute atomic E-state index is 11.2. The van der Waals surface area contributed by atoms with Crippen molar-refractivity contribution in [3.8, 4) is 0 Å². The fourth-order valence-electron chi connectivity index (χ4n) is 1.22. The van der Waals surface area contributed by atoms with Gasteiger partial charge in [-0.1, -0.05) is 0 Å². The molecular weight excluding hydrogens is 226 g/mol. The number of benzene rings is 1.